The van der Waals surface area contributed by atoms with E-state index in [0.29, 0.717) is 5.67 Å². The Hall–Kier alpha value is 0.177. The monoisotopic (exact) mass is 98.0 g/mol. The van der Waals surface area contributed by atoms with Crippen LogP contribution in [0.2, 0.25) is 6.04 Å². The highest BCUT2D eigenvalue weighted by Crippen LogP contribution is 2.08. The van der Waals surface area contributed by atoms with Crippen molar-refractivity contribution in [3.8, 4) is 0 Å². The van der Waals surface area contributed by atoms with Crippen LogP contribution in [0, 0.1) is 0 Å². The summed E-state index contributed by atoms with van der Waals surface area (Å²) in [6.07, 6.45) is 2.48. The van der Waals surface area contributed by atoms with Gasteiger partial charge in [0.05, 0.1) is 9.52 Å². The molecule has 1 saturated heterocycles. The molecule has 0 aromatic rings. The van der Waals surface area contributed by atoms with E-state index in [1.54, 1.807) is 0 Å². The van der Waals surface area contributed by atoms with Gasteiger partial charge in [0.15, 0.2) is 0 Å². The number of rotatable bonds is 0. The van der Waals surface area contributed by atoms with Crippen LogP contribution in [-0.4, -0.2) is 15.2 Å². The van der Waals surface area contributed by atoms with Gasteiger partial charge in [-0.1, -0.05) is 12.5 Å². The Balaban J connectivity index is 2.18. The zero-order chi connectivity index (χ0) is 4.41. The van der Waals surface area contributed by atoms with Gasteiger partial charge in [-0.25, -0.2) is 0 Å². The standard InChI is InChI=1S/C4H8NSi/c5-4-2-1-3-6-4/h4-5H,1-3H2. The summed E-state index contributed by atoms with van der Waals surface area (Å²) in [6.45, 7) is 0. The molecule has 1 N–H and O–H groups in total. The normalized spacial score (nSPS) is 34.5. The highest BCUT2D eigenvalue weighted by atomic mass is 28.2. The van der Waals surface area contributed by atoms with E-state index in [-0.39, 0.29) is 0 Å². The molecule has 1 heterocycles. The van der Waals surface area contributed by atoms with Crippen molar-refractivity contribution in [3.63, 3.8) is 0 Å². The van der Waals surface area contributed by atoms with Crippen molar-refractivity contribution in [3.05, 3.63) is 0 Å². The predicted molar refractivity (Wildman–Crippen MR) is 26.7 cm³/mol. The lowest BCUT2D eigenvalue weighted by Gasteiger charge is -1.89. The van der Waals surface area contributed by atoms with Gasteiger partial charge in [0.1, 0.15) is 0 Å². The molecule has 1 fully saturated rings. The summed E-state index contributed by atoms with van der Waals surface area (Å²) >= 11 is 0. The van der Waals surface area contributed by atoms with E-state index >= 15 is 0 Å². The van der Waals surface area contributed by atoms with Gasteiger partial charge in [0, 0.05) is 5.67 Å². The molecule has 1 aliphatic rings. The molecule has 0 bridgehead atoms. The maximum atomic E-state index is 7.14. The number of hydrogen-bond acceptors (Lipinski definition) is 0. The number of hydrogen-bond donors (Lipinski definition) is 0. The third-order valence-electron chi connectivity index (χ3n) is 1.06. The Kier molecular flexibility index (Phi) is 1.27. The summed E-state index contributed by atoms with van der Waals surface area (Å²) in [5.74, 6) is 0. The Labute approximate surface area is 40.7 Å². The van der Waals surface area contributed by atoms with Crippen LogP contribution in [0.15, 0.2) is 0 Å². The van der Waals surface area contributed by atoms with Crippen LogP contribution < -0.4 is 5.73 Å². The lowest BCUT2D eigenvalue weighted by molar-refractivity contribution is 0.787. The van der Waals surface area contributed by atoms with E-state index in [0.717, 1.165) is 9.52 Å². The molecule has 1 aliphatic heterocycles. The van der Waals surface area contributed by atoms with Crippen molar-refractivity contribution in [2.75, 3.05) is 0 Å². The molecule has 0 aromatic carbocycles. The van der Waals surface area contributed by atoms with Crippen LogP contribution in [0.3, 0.4) is 0 Å². The summed E-state index contributed by atoms with van der Waals surface area (Å²) < 4.78 is 0. The summed E-state index contributed by atoms with van der Waals surface area (Å²) in [5.41, 5.74) is 7.47. The molecule has 33 valence electrons. The third-order valence-corrected chi connectivity index (χ3v) is 2.48. The summed E-state index contributed by atoms with van der Waals surface area (Å²) in [7, 11) is 0.949. The Morgan fingerprint density at radius 3 is 2.67 bits per heavy atom. The molecular formula is C4H8NSi. The van der Waals surface area contributed by atoms with Gasteiger partial charge in [-0.2, -0.15) is 0 Å². The van der Waals surface area contributed by atoms with Gasteiger partial charge in [-0.3, -0.25) is 5.73 Å². The van der Waals surface area contributed by atoms with Gasteiger partial charge in [0.2, 0.25) is 0 Å². The second-order valence-corrected chi connectivity index (χ2v) is 3.25. The fourth-order valence-electron chi connectivity index (χ4n) is 0.685. The zero-order valence-electron chi connectivity index (χ0n) is 3.70. The fraction of sp³-hybridized carbons (Fsp3) is 1.00. The van der Waals surface area contributed by atoms with Crippen LogP contribution in [0.4, 0.5) is 0 Å². The molecule has 0 amide bonds. The molecule has 0 saturated carbocycles. The quantitative estimate of drug-likeness (QED) is 0.394. The van der Waals surface area contributed by atoms with E-state index < -0.39 is 0 Å². The maximum absolute atomic E-state index is 7.14. The molecule has 1 nitrogen and oxygen atoms in total. The van der Waals surface area contributed by atoms with Crippen molar-refractivity contribution in [2.24, 2.45) is 0 Å². The Bertz CT molecular complexity index is 40.8. The fourth-order valence-corrected chi connectivity index (χ4v) is 1.85. The van der Waals surface area contributed by atoms with Crippen molar-refractivity contribution >= 4 is 9.52 Å². The smallest absolute Gasteiger partial charge is 0.0627 e. The van der Waals surface area contributed by atoms with E-state index in [1.807, 2.05) is 0 Å². The first-order chi connectivity index (χ1) is 2.89. The molecule has 2 heteroatoms. The van der Waals surface area contributed by atoms with Crippen LogP contribution in [0.5, 0.6) is 0 Å². The first-order valence-corrected chi connectivity index (χ1v) is 3.62. The highest BCUT2D eigenvalue weighted by Gasteiger charge is 2.09. The molecule has 0 aliphatic carbocycles. The van der Waals surface area contributed by atoms with Crippen LogP contribution >= 0.6 is 0 Å². The van der Waals surface area contributed by atoms with Gasteiger partial charge < -0.3 is 0 Å². The van der Waals surface area contributed by atoms with Gasteiger partial charge in [-0.15, -0.1) is 0 Å². The topological polar surface area (TPSA) is 23.8 Å². The Morgan fingerprint density at radius 2 is 2.50 bits per heavy atom. The lowest BCUT2D eigenvalue weighted by Crippen LogP contribution is -2.08. The van der Waals surface area contributed by atoms with Crippen molar-refractivity contribution < 1.29 is 0 Å². The largest absolute Gasteiger partial charge is 0.258 e. The molecule has 1 rings (SSSR count). The maximum Gasteiger partial charge on any atom is 0.0627 e. The van der Waals surface area contributed by atoms with Gasteiger partial charge in [0.25, 0.3) is 0 Å². The molecule has 6 heavy (non-hydrogen) atoms. The minimum absolute atomic E-state index is 0.324. The molecule has 1 atom stereocenters. The molecule has 0 spiro atoms. The molecular weight excluding hydrogens is 90.1 g/mol. The van der Waals surface area contributed by atoms with E-state index in [2.05, 4.69) is 0 Å². The average molecular weight is 98.2 g/mol. The minimum Gasteiger partial charge on any atom is -0.258 e. The van der Waals surface area contributed by atoms with Crippen molar-refractivity contribution in [2.45, 2.75) is 24.6 Å². The first-order valence-electron chi connectivity index (χ1n) is 2.34. The molecule has 0 aromatic heterocycles. The summed E-state index contributed by atoms with van der Waals surface area (Å²) in [4.78, 5) is 0. The zero-order valence-corrected chi connectivity index (χ0v) is 4.70. The second-order valence-electron chi connectivity index (χ2n) is 1.65. The van der Waals surface area contributed by atoms with Crippen molar-refractivity contribution in [1.29, 1.82) is 0 Å². The first kappa shape index (κ1) is 4.34. The summed E-state index contributed by atoms with van der Waals surface area (Å²) in [5, 5.41) is 0. The van der Waals surface area contributed by atoms with E-state index in [1.165, 1.54) is 18.9 Å². The van der Waals surface area contributed by atoms with Gasteiger partial charge in [-0.05, 0) is 6.42 Å². The third kappa shape index (κ3) is 0.818. The predicted octanol–water partition coefficient (Wildman–Crippen LogP) is 0.512. The number of nitrogens with one attached hydrogen (secondary N) is 1. The van der Waals surface area contributed by atoms with Crippen LogP contribution in [0.25, 0.3) is 0 Å². The summed E-state index contributed by atoms with van der Waals surface area (Å²) in [6, 6.07) is 1.33. The highest BCUT2D eigenvalue weighted by molar-refractivity contribution is 6.38. The minimum atomic E-state index is 0.324. The van der Waals surface area contributed by atoms with Crippen LogP contribution in [0.1, 0.15) is 12.8 Å². The average Bonchev–Trinajstić information content (AvgIpc) is 1.86. The van der Waals surface area contributed by atoms with Gasteiger partial charge >= 0.3 is 0 Å². The van der Waals surface area contributed by atoms with E-state index in [4.69, 9.17) is 5.73 Å². The van der Waals surface area contributed by atoms with Crippen molar-refractivity contribution in [1.82, 2.24) is 5.73 Å². The molecule has 1 unspecified atom stereocenters. The second kappa shape index (κ2) is 1.75. The van der Waals surface area contributed by atoms with E-state index in [9.17, 15) is 0 Å². The molecule has 3 radical (unpaired) electrons. The Morgan fingerprint density at radius 1 is 1.67 bits per heavy atom. The lowest BCUT2D eigenvalue weighted by atomic mass is 10.3. The van der Waals surface area contributed by atoms with Crippen LogP contribution in [-0.2, 0) is 0 Å². The SMILES string of the molecule is [NH]C1CCC[Si]1.